The first-order valence-corrected chi connectivity index (χ1v) is 6.28. The number of fused-ring (bicyclic) bond motifs is 1. The lowest BCUT2D eigenvalue weighted by Crippen LogP contribution is -2.03. The number of halogens is 1. The third kappa shape index (κ3) is 1.84. The van der Waals surface area contributed by atoms with Crippen LogP contribution in [0.5, 0.6) is 0 Å². The predicted molar refractivity (Wildman–Crippen MR) is 75.7 cm³/mol. The van der Waals surface area contributed by atoms with Gasteiger partial charge in [-0.1, -0.05) is 15.9 Å². The van der Waals surface area contributed by atoms with E-state index in [0.29, 0.717) is 11.4 Å². The van der Waals surface area contributed by atoms with Gasteiger partial charge in [0.25, 0.3) is 0 Å². The van der Waals surface area contributed by atoms with Crippen molar-refractivity contribution < 1.29 is 0 Å². The summed E-state index contributed by atoms with van der Waals surface area (Å²) in [7, 11) is 0. The van der Waals surface area contributed by atoms with Crippen LogP contribution in [0.1, 0.15) is 5.56 Å². The Morgan fingerprint density at radius 3 is 2.89 bits per heavy atom. The van der Waals surface area contributed by atoms with E-state index in [0.717, 1.165) is 21.1 Å². The molecule has 0 saturated carbocycles. The summed E-state index contributed by atoms with van der Waals surface area (Å²) in [5, 5.41) is 14.0. The molecule has 1 aromatic carbocycles. The van der Waals surface area contributed by atoms with Crippen molar-refractivity contribution in [1.82, 2.24) is 14.8 Å². The summed E-state index contributed by atoms with van der Waals surface area (Å²) < 4.78 is 2.51. The van der Waals surface area contributed by atoms with Gasteiger partial charge >= 0.3 is 0 Å². The number of nitrogens with two attached hydrogens (primary N) is 1. The molecule has 5 nitrogen and oxygen atoms in total. The van der Waals surface area contributed by atoms with Crippen LogP contribution in [0.15, 0.2) is 41.1 Å². The molecular formula is C13H8BrN5. The van der Waals surface area contributed by atoms with Gasteiger partial charge in [0.05, 0.1) is 17.4 Å². The number of anilines is 1. The van der Waals surface area contributed by atoms with Gasteiger partial charge in [0.15, 0.2) is 0 Å². The summed E-state index contributed by atoms with van der Waals surface area (Å²) >= 11 is 3.41. The van der Waals surface area contributed by atoms with Gasteiger partial charge in [-0.2, -0.15) is 10.4 Å². The second-order valence-corrected chi connectivity index (χ2v) is 4.87. The average Bonchev–Trinajstić information content (AvgIpc) is 2.78. The standard InChI is InChI=1S/C13H8BrN5/c14-9-1-2-10-11(5-9)17-4-3-12(10)19-13(16)8(6-15)7-18-19/h1-5,7H,16H2. The number of pyridine rings is 1. The average molecular weight is 314 g/mol. The largest absolute Gasteiger partial charge is 0.382 e. The number of hydrogen-bond donors (Lipinski definition) is 1. The van der Waals surface area contributed by atoms with E-state index >= 15 is 0 Å². The zero-order valence-electron chi connectivity index (χ0n) is 9.71. The highest BCUT2D eigenvalue weighted by molar-refractivity contribution is 9.10. The molecule has 0 spiro atoms. The van der Waals surface area contributed by atoms with Crippen molar-refractivity contribution >= 4 is 32.7 Å². The van der Waals surface area contributed by atoms with Gasteiger partial charge in [0.1, 0.15) is 17.5 Å². The summed E-state index contributed by atoms with van der Waals surface area (Å²) in [5.74, 6) is 0.331. The Balaban J connectivity index is 2.31. The molecule has 0 saturated heterocycles. The maximum atomic E-state index is 8.93. The van der Waals surface area contributed by atoms with Crippen LogP contribution in [0.2, 0.25) is 0 Å². The van der Waals surface area contributed by atoms with Gasteiger partial charge in [-0.25, -0.2) is 4.68 Å². The van der Waals surface area contributed by atoms with E-state index in [1.807, 2.05) is 30.3 Å². The Kier molecular flexibility index (Phi) is 2.69. The van der Waals surface area contributed by atoms with Crippen LogP contribution in [0.3, 0.4) is 0 Å². The summed E-state index contributed by atoms with van der Waals surface area (Å²) in [6, 6.07) is 9.62. The van der Waals surface area contributed by atoms with Crippen LogP contribution in [-0.4, -0.2) is 14.8 Å². The maximum Gasteiger partial charge on any atom is 0.145 e. The molecule has 0 aliphatic carbocycles. The van der Waals surface area contributed by atoms with Crippen LogP contribution < -0.4 is 5.73 Å². The normalized spacial score (nSPS) is 10.5. The molecule has 0 radical (unpaired) electrons. The lowest BCUT2D eigenvalue weighted by atomic mass is 10.2. The molecule has 92 valence electrons. The molecular weight excluding hydrogens is 306 g/mol. The number of hydrogen-bond acceptors (Lipinski definition) is 4. The van der Waals surface area contributed by atoms with Gasteiger partial charge < -0.3 is 5.73 Å². The minimum absolute atomic E-state index is 0.331. The van der Waals surface area contributed by atoms with Gasteiger partial charge in [-0.05, 0) is 24.3 Å². The highest BCUT2D eigenvalue weighted by Crippen LogP contribution is 2.25. The first-order chi connectivity index (χ1) is 9.20. The molecule has 0 aliphatic heterocycles. The van der Waals surface area contributed by atoms with E-state index < -0.39 is 0 Å². The number of nitrogens with zero attached hydrogens (tertiary/aromatic N) is 4. The van der Waals surface area contributed by atoms with E-state index in [2.05, 4.69) is 26.0 Å². The first-order valence-electron chi connectivity index (χ1n) is 5.49. The number of nitrogen functional groups attached to an aromatic ring is 1. The van der Waals surface area contributed by atoms with Gasteiger partial charge in [0.2, 0.25) is 0 Å². The lowest BCUT2D eigenvalue weighted by Gasteiger charge is -2.08. The van der Waals surface area contributed by atoms with Crippen LogP contribution in [0, 0.1) is 11.3 Å². The molecule has 6 heteroatoms. The molecule has 3 aromatic rings. The van der Waals surface area contributed by atoms with Crippen molar-refractivity contribution in [3.05, 3.63) is 46.7 Å². The van der Waals surface area contributed by atoms with Gasteiger partial charge in [0, 0.05) is 16.1 Å². The molecule has 0 unspecified atom stereocenters. The summed E-state index contributed by atoms with van der Waals surface area (Å²) in [6.07, 6.45) is 3.15. The molecule has 2 aromatic heterocycles. The Morgan fingerprint density at radius 1 is 1.32 bits per heavy atom. The molecule has 19 heavy (non-hydrogen) atoms. The Labute approximate surface area is 117 Å². The van der Waals surface area contributed by atoms with Crippen molar-refractivity contribution in [3.8, 4) is 11.8 Å². The van der Waals surface area contributed by atoms with E-state index in [4.69, 9.17) is 11.0 Å². The van der Waals surface area contributed by atoms with Crippen molar-refractivity contribution in [3.63, 3.8) is 0 Å². The van der Waals surface area contributed by atoms with Crippen LogP contribution in [0.25, 0.3) is 16.6 Å². The minimum atomic E-state index is 0.331. The molecule has 0 atom stereocenters. The van der Waals surface area contributed by atoms with Crippen molar-refractivity contribution in [2.45, 2.75) is 0 Å². The molecule has 2 heterocycles. The Morgan fingerprint density at radius 2 is 2.16 bits per heavy atom. The SMILES string of the molecule is N#Cc1cnn(-c2ccnc3cc(Br)ccc23)c1N. The second-order valence-electron chi connectivity index (χ2n) is 3.96. The fourth-order valence-corrected chi connectivity index (χ4v) is 2.28. The molecule has 0 aliphatic rings. The summed E-state index contributed by atoms with van der Waals surface area (Å²) in [5.41, 5.74) is 7.91. The second kappa shape index (κ2) is 4.37. The minimum Gasteiger partial charge on any atom is -0.382 e. The number of nitriles is 1. The van der Waals surface area contributed by atoms with Crippen molar-refractivity contribution in [1.29, 1.82) is 5.26 Å². The van der Waals surface area contributed by atoms with Gasteiger partial charge in [-0.3, -0.25) is 4.98 Å². The zero-order chi connectivity index (χ0) is 13.4. The molecule has 2 N–H and O–H groups in total. The van der Waals surface area contributed by atoms with E-state index in [1.54, 1.807) is 10.9 Å². The Hall–Kier alpha value is -2.39. The molecule has 3 rings (SSSR count). The zero-order valence-corrected chi connectivity index (χ0v) is 11.3. The van der Waals surface area contributed by atoms with Crippen LogP contribution in [0.4, 0.5) is 5.82 Å². The third-order valence-corrected chi connectivity index (χ3v) is 3.33. The third-order valence-electron chi connectivity index (χ3n) is 2.84. The van der Waals surface area contributed by atoms with Crippen LogP contribution >= 0.6 is 15.9 Å². The fraction of sp³-hybridized carbons (Fsp3) is 0. The summed E-state index contributed by atoms with van der Waals surface area (Å²) in [4.78, 5) is 4.31. The number of rotatable bonds is 1. The molecule has 0 amide bonds. The van der Waals surface area contributed by atoms with Gasteiger partial charge in [-0.15, -0.1) is 0 Å². The maximum absolute atomic E-state index is 8.93. The van der Waals surface area contributed by atoms with Crippen molar-refractivity contribution in [2.24, 2.45) is 0 Å². The molecule has 0 fully saturated rings. The number of benzene rings is 1. The van der Waals surface area contributed by atoms with E-state index in [-0.39, 0.29) is 0 Å². The molecule has 0 bridgehead atoms. The quantitative estimate of drug-likeness (QED) is 0.749. The highest BCUT2D eigenvalue weighted by Gasteiger charge is 2.11. The van der Waals surface area contributed by atoms with E-state index in [9.17, 15) is 0 Å². The Bertz CT molecular complexity index is 816. The monoisotopic (exact) mass is 313 g/mol. The topological polar surface area (TPSA) is 80.5 Å². The smallest absolute Gasteiger partial charge is 0.145 e. The summed E-state index contributed by atoms with van der Waals surface area (Å²) in [6.45, 7) is 0. The van der Waals surface area contributed by atoms with Crippen molar-refractivity contribution in [2.75, 3.05) is 5.73 Å². The van der Waals surface area contributed by atoms with E-state index in [1.165, 1.54) is 6.20 Å². The predicted octanol–water partition coefficient (Wildman–Crippen LogP) is 2.64. The lowest BCUT2D eigenvalue weighted by molar-refractivity contribution is 0.897. The highest BCUT2D eigenvalue weighted by atomic mass is 79.9. The fourth-order valence-electron chi connectivity index (χ4n) is 1.93. The number of aromatic nitrogens is 3. The van der Waals surface area contributed by atoms with Crippen LogP contribution in [-0.2, 0) is 0 Å². The first kappa shape index (κ1) is 11.7.